The Morgan fingerprint density at radius 1 is 1.00 bits per heavy atom. The van der Waals surface area contributed by atoms with Crippen LogP contribution >= 0.6 is 15.9 Å². The molecule has 3 rings (SSSR count). The molecule has 0 radical (unpaired) electrons. The number of halogens is 2. The highest BCUT2D eigenvalue weighted by molar-refractivity contribution is 9.10. The number of nitrogens with two attached hydrogens (primary N) is 1. The summed E-state index contributed by atoms with van der Waals surface area (Å²) in [6, 6.07) is 16.2. The molecule has 0 unspecified atom stereocenters. The molecular formula is C17H13BrFNO. The third kappa shape index (κ3) is 2.77. The van der Waals surface area contributed by atoms with E-state index in [1.165, 1.54) is 12.1 Å². The van der Waals surface area contributed by atoms with Crippen LogP contribution in [0.1, 0.15) is 5.56 Å². The van der Waals surface area contributed by atoms with Gasteiger partial charge in [-0.15, -0.1) is 0 Å². The van der Waals surface area contributed by atoms with Crippen molar-refractivity contribution in [3.8, 4) is 11.5 Å². The second kappa shape index (κ2) is 5.84. The standard InChI is InChI=1S/C17H13BrFNO/c18-17-14-4-2-1-3-11(14)5-7-16(17)21-15-8-6-13(19)9-12(15)10-20/h1-9H,10,20H2. The molecule has 2 N–H and O–H groups in total. The van der Waals surface area contributed by atoms with Gasteiger partial charge in [0.05, 0.1) is 4.47 Å². The molecule has 0 fully saturated rings. The first-order chi connectivity index (χ1) is 10.2. The van der Waals surface area contributed by atoms with Gasteiger partial charge in [-0.05, 0) is 51.0 Å². The first kappa shape index (κ1) is 14.0. The number of rotatable bonds is 3. The van der Waals surface area contributed by atoms with Crippen LogP contribution in [0.5, 0.6) is 11.5 Å². The van der Waals surface area contributed by atoms with Gasteiger partial charge in [0.25, 0.3) is 0 Å². The van der Waals surface area contributed by atoms with Crippen LogP contribution in [0.25, 0.3) is 10.8 Å². The Labute approximate surface area is 130 Å². The maximum atomic E-state index is 13.2. The average molecular weight is 346 g/mol. The van der Waals surface area contributed by atoms with E-state index in [9.17, 15) is 4.39 Å². The molecule has 2 nitrogen and oxygen atoms in total. The summed E-state index contributed by atoms with van der Waals surface area (Å²) in [5, 5.41) is 2.18. The molecule has 0 heterocycles. The van der Waals surface area contributed by atoms with Crippen LogP contribution in [-0.2, 0) is 6.54 Å². The molecule has 3 aromatic rings. The average Bonchev–Trinajstić information content (AvgIpc) is 2.51. The summed E-state index contributed by atoms with van der Waals surface area (Å²) in [5.41, 5.74) is 6.28. The third-order valence-electron chi connectivity index (χ3n) is 3.29. The molecular weight excluding hydrogens is 333 g/mol. The Bertz CT molecular complexity index is 804. The van der Waals surface area contributed by atoms with Crippen molar-refractivity contribution < 1.29 is 9.13 Å². The molecule has 106 valence electrons. The normalized spacial score (nSPS) is 10.8. The second-order valence-corrected chi connectivity index (χ2v) is 5.45. The van der Waals surface area contributed by atoms with Crippen LogP contribution in [0, 0.1) is 5.82 Å². The van der Waals surface area contributed by atoms with Crippen molar-refractivity contribution in [2.75, 3.05) is 0 Å². The minimum atomic E-state index is -0.319. The Hall–Kier alpha value is -1.91. The van der Waals surface area contributed by atoms with Gasteiger partial charge in [-0.3, -0.25) is 0 Å². The fourth-order valence-corrected chi connectivity index (χ4v) is 2.79. The topological polar surface area (TPSA) is 35.2 Å². The molecule has 0 aromatic heterocycles. The van der Waals surface area contributed by atoms with E-state index < -0.39 is 0 Å². The lowest BCUT2D eigenvalue weighted by Gasteiger charge is -2.13. The zero-order chi connectivity index (χ0) is 14.8. The zero-order valence-electron chi connectivity index (χ0n) is 11.1. The smallest absolute Gasteiger partial charge is 0.142 e. The predicted molar refractivity (Wildman–Crippen MR) is 86.0 cm³/mol. The van der Waals surface area contributed by atoms with Gasteiger partial charge in [0.15, 0.2) is 0 Å². The minimum Gasteiger partial charge on any atom is -0.456 e. The monoisotopic (exact) mass is 345 g/mol. The lowest BCUT2D eigenvalue weighted by atomic mass is 10.1. The maximum absolute atomic E-state index is 13.2. The maximum Gasteiger partial charge on any atom is 0.142 e. The molecule has 0 aliphatic rings. The minimum absolute atomic E-state index is 0.221. The fraction of sp³-hybridized carbons (Fsp3) is 0.0588. The van der Waals surface area contributed by atoms with Crippen LogP contribution in [-0.4, -0.2) is 0 Å². The number of ether oxygens (including phenoxy) is 1. The van der Waals surface area contributed by atoms with Crippen LogP contribution in [0.4, 0.5) is 4.39 Å². The molecule has 3 aromatic carbocycles. The van der Waals surface area contributed by atoms with Gasteiger partial charge in [-0.25, -0.2) is 4.39 Å². The first-order valence-corrected chi connectivity index (χ1v) is 7.32. The van der Waals surface area contributed by atoms with Crippen LogP contribution < -0.4 is 10.5 Å². The highest BCUT2D eigenvalue weighted by Crippen LogP contribution is 2.36. The molecule has 0 atom stereocenters. The van der Waals surface area contributed by atoms with Crippen LogP contribution in [0.2, 0.25) is 0 Å². The van der Waals surface area contributed by atoms with Gasteiger partial charge in [0, 0.05) is 12.1 Å². The van der Waals surface area contributed by atoms with E-state index in [2.05, 4.69) is 15.9 Å². The quantitative estimate of drug-likeness (QED) is 0.725. The van der Waals surface area contributed by atoms with Gasteiger partial charge in [-0.1, -0.05) is 30.3 Å². The van der Waals surface area contributed by atoms with Gasteiger partial charge >= 0.3 is 0 Å². The molecule has 0 bridgehead atoms. The number of hydrogen-bond acceptors (Lipinski definition) is 2. The third-order valence-corrected chi connectivity index (χ3v) is 4.11. The second-order valence-electron chi connectivity index (χ2n) is 4.66. The Morgan fingerprint density at radius 3 is 2.57 bits per heavy atom. The molecule has 0 amide bonds. The van der Waals surface area contributed by atoms with E-state index >= 15 is 0 Å². The van der Waals surface area contributed by atoms with Crippen molar-refractivity contribution in [3.05, 3.63) is 70.5 Å². The summed E-state index contributed by atoms with van der Waals surface area (Å²) in [6.07, 6.45) is 0. The van der Waals surface area contributed by atoms with E-state index in [-0.39, 0.29) is 12.4 Å². The summed E-state index contributed by atoms with van der Waals surface area (Å²) in [5.74, 6) is 0.922. The van der Waals surface area contributed by atoms with E-state index in [4.69, 9.17) is 10.5 Å². The Balaban J connectivity index is 2.04. The van der Waals surface area contributed by atoms with E-state index in [0.717, 1.165) is 15.2 Å². The van der Waals surface area contributed by atoms with Gasteiger partial charge in [-0.2, -0.15) is 0 Å². The highest BCUT2D eigenvalue weighted by atomic mass is 79.9. The van der Waals surface area contributed by atoms with Crippen molar-refractivity contribution in [2.24, 2.45) is 5.73 Å². The summed E-state index contributed by atoms with van der Waals surface area (Å²) < 4.78 is 20.0. The van der Waals surface area contributed by atoms with E-state index in [1.54, 1.807) is 6.07 Å². The van der Waals surface area contributed by atoms with Crippen molar-refractivity contribution in [1.29, 1.82) is 0 Å². The molecule has 0 saturated heterocycles. The largest absolute Gasteiger partial charge is 0.456 e. The zero-order valence-corrected chi connectivity index (χ0v) is 12.7. The summed E-state index contributed by atoms with van der Waals surface area (Å²) >= 11 is 3.57. The number of hydrogen-bond donors (Lipinski definition) is 1. The Morgan fingerprint density at radius 2 is 1.76 bits per heavy atom. The van der Waals surface area contributed by atoms with Crippen molar-refractivity contribution >= 4 is 26.7 Å². The van der Waals surface area contributed by atoms with Crippen LogP contribution in [0.15, 0.2) is 59.1 Å². The molecule has 0 spiro atoms. The number of benzene rings is 3. The van der Waals surface area contributed by atoms with Crippen molar-refractivity contribution in [3.63, 3.8) is 0 Å². The Kier molecular flexibility index (Phi) is 3.90. The van der Waals surface area contributed by atoms with Gasteiger partial charge in [0.2, 0.25) is 0 Å². The molecule has 0 saturated carbocycles. The molecule has 0 aliphatic carbocycles. The summed E-state index contributed by atoms with van der Waals surface area (Å²) in [6.45, 7) is 0.221. The van der Waals surface area contributed by atoms with Crippen LogP contribution in [0.3, 0.4) is 0 Å². The highest BCUT2D eigenvalue weighted by Gasteiger charge is 2.10. The molecule has 0 aliphatic heterocycles. The summed E-state index contributed by atoms with van der Waals surface area (Å²) in [4.78, 5) is 0. The first-order valence-electron chi connectivity index (χ1n) is 6.52. The summed E-state index contributed by atoms with van der Waals surface area (Å²) in [7, 11) is 0. The molecule has 21 heavy (non-hydrogen) atoms. The fourth-order valence-electron chi connectivity index (χ4n) is 2.22. The predicted octanol–water partition coefficient (Wildman–Crippen LogP) is 4.99. The lowest BCUT2D eigenvalue weighted by Crippen LogP contribution is -2.00. The van der Waals surface area contributed by atoms with Crippen molar-refractivity contribution in [1.82, 2.24) is 0 Å². The van der Waals surface area contributed by atoms with E-state index in [1.807, 2.05) is 36.4 Å². The number of fused-ring (bicyclic) bond motifs is 1. The molecule has 4 heteroatoms. The van der Waals surface area contributed by atoms with Crippen molar-refractivity contribution in [2.45, 2.75) is 6.54 Å². The van der Waals surface area contributed by atoms with Gasteiger partial charge < -0.3 is 10.5 Å². The lowest BCUT2D eigenvalue weighted by molar-refractivity contribution is 0.472. The SMILES string of the molecule is NCc1cc(F)ccc1Oc1ccc2ccccc2c1Br. The van der Waals surface area contributed by atoms with Gasteiger partial charge in [0.1, 0.15) is 17.3 Å². The van der Waals surface area contributed by atoms with E-state index in [0.29, 0.717) is 17.1 Å².